The molecular formula is C17H13N3O5S. The molecule has 1 saturated heterocycles. The quantitative estimate of drug-likeness (QED) is 0.281. The molecule has 2 heterocycles. The highest BCUT2D eigenvalue weighted by Gasteiger charge is 2.26. The standard InChI is InChI=1S/C17H13N3O5S/c1-8-9(2)13(20(23)24)5-4-11(8)14-6-3-10(25-14)7-12-15(21)18-17(26)19-16(12)22/h3-7H,1-2H3,(H2,18,19,21,22,26). The van der Waals surface area contributed by atoms with Crippen molar-refractivity contribution >= 4 is 40.9 Å². The number of nitrogens with zero attached hydrogens (tertiary/aromatic N) is 1. The fourth-order valence-corrected chi connectivity index (χ4v) is 2.78. The lowest BCUT2D eigenvalue weighted by Gasteiger charge is -2.15. The fourth-order valence-electron chi connectivity index (χ4n) is 2.59. The normalized spacial score (nSPS) is 14.1. The molecule has 3 rings (SSSR count). The Morgan fingerprint density at radius 3 is 2.35 bits per heavy atom. The Morgan fingerprint density at radius 2 is 1.73 bits per heavy atom. The molecule has 0 radical (unpaired) electrons. The van der Waals surface area contributed by atoms with Gasteiger partial charge in [-0.3, -0.25) is 30.3 Å². The maximum absolute atomic E-state index is 11.9. The van der Waals surface area contributed by atoms with E-state index >= 15 is 0 Å². The Balaban J connectivity index is 1.96. The molecule has 0 aliphatic carbocycles. The molecule has 9 heteroatoms. The van der Waals surface area contributed by atoms with Gasteiger partial charge in [0.05, 0.1) is 4.92 Å². The summed E-state index contributed by atoms with van der Waals surface area (Å²) >= 11 is 4.74. The van der Waals surface area contributed by atoms with Crippen molar-refractivity contribution < 1.29 is 18.9 Å². The van der Waals surface area contributed by atoms with E-state index in [1.165, 1.54) is 12.1 Å². The van der Waals surface area contributed by atoms with Gasteiger partial charge in [0.25, 0.3) is 17.5 Å². The van der Waals surface area contributed by atoms with Crippen LogP contribution in [0.4, 0.5) is 5.69 Å². The topological polar surface area (TPSA) is 114 Å². The van der Waals surface area contributed by atoms with Crippen LogP contribution in [0.3, 0.4) is 0 Å². The minimum Gasteiger partial charge on any atom is -0.457 e. The van der Waals surface area contributed by atoms with Gasteiger partial charge >= 0.3 is 0 Å². The van der Waals surface area contributed by atoms with E-state index in [2.05, 4.69) is 10.6 Å². The van der Waals surface area contributed by atoms with Crippen molar-refractivity contribution in [1.82, 2.24) is 10.6 Å². The lowest BCUT2D eigenvalue weighted by molar-refractivity contribution is -0.385. The number of benzene rings is 1. The van der Waals surface area contributed by atoms with Crippen LogP contribution in [0.5, 0.6) is 0 Å². The lowest BCUT2D eigenvalue weighted by Crippen LogP contribution is -2.51. The van der Waals surface area contributed by atoms with E-state index in [4.69, 9.17) is 16.6 Å². The minimum atomic E-state index is -0.612. The summed E-state index contributed by atoms with van der Waals surface area (Å²) in [6.07, 6.45) is 1.31. The second kappa shape index (κ2) is 6.52. The number of hydrogen-bond acceptors (Lipinski definition) is 6. The van der Waals surface area contributed by atoms with Crippen molar-refractivity contribution in [2.24, 2.45) is 0 Å². The second-order valence-electron chi connectivity index (χ2n) is 5.64. The monoisotopic (exact) mass is 371 g/mol. The van der Waals surface area contributed by atoms with Gasteiger partial charge < -0.3 is 4.42 Å². The Bertz CT molecular complexity index is 984. The average Bonchev–Trinajstić information content (AvgIpc) is 3.01. The van der Waals surface area contributed by atoms with E-state index in [1.807, 2.05) is 0 Å². The first kappa shape index (κ1) is 17.5. The minimum absolute atomic E-state index is 0.0339. The maximum atomic E-state index is 11.9. The van der Waals surface area contributed by atoms with Gasteiger partial charge in [-0.15, -0.1) is 0 Å². The summed E-state index contributed by atoms with van der Waals surface area (Å²) in [6.45, 7) is 3.43. The number of nitro benzene ring substituents is 1. The third kappa shape index (κ3) is 3.11. The summed E-state index contributed by atoms with van der Waals surface area (Å²) < 4.78 is 5.69. The third-order valence-corrected chi connectivity index (χ3v) is 4.28. The molecule has 0 saturated carbocycles. The van der Waals surface area contributed by atoms with Gasteiger partial charge in [-0.1, -0.05) is 0 Å². The van der Waals surface area contributed by atoms with Crippen LogP contribution >= 0.6 is 12.2 Å². The van der Waals surface area contributed by atoms with E-state index in [1.54, 1.807) is 32.0 Å². The van der Waals surface area contributed by atoms with Crippen molar-refractivity contribution in [3.63, 3.8) is 0 Å². The number of hydrogen-bond donors (Lipinski definition) is 2. The summed E-state index contributed by atoms with van der Waals surface area (Å²) in [4.78, 5) is 34.3. The molecular weight excluding hydrogens is 358 g/mol. The van der Waals surface area contributed by atoms with E-state index in [0.29, 0.717) is 28.2 Å². The molecule has 1 aliphatic heterocycles. The molecule has 2 amide bonds. The van der Waals surface area contributed by atoms with Gasteiger partial charge in [-0.2, -0.15) is 0 Å². The van der Waals surface area contributed by atoms with Crippen LogP contribution in [0.2, 0.25) is 0 Å². The van der Waals surface area contributed by atoms with Gasteiger partial charge in [0, 0.05) is 17.2 Å². The SMILES string of the molecule is Cc1c(-c2ccc(C=C3C(=O)NC(=S)NC3=O)o2)ccc([N+](=O)[O-])c1C. The Kier molecular flexibility index (Phi) is 4.39. The van der Waals surface area contributed by atoms with Crippen LogP contribution in [0, 0.1) is 24.0 Å². The molecule has 132 valence electrons. The molecule has 0 spiro atoms. The highest BCUT2D eigenvalue weighted by Crippen LogP contribution is 2.32. The van der Waals surface area contributed by atoms with Crippen molar-refractivity contribution in [3.05, 3.63) is 56.8 Å². The number of nitro groups is 1. The zero-order valence-corrected chi connectivity index (χ0v) is 14.6. The number of thiocarbonyl (C=S) groups is 1. The van der Waals surface area contributed by atoms with Gasteiger partial charge in [0.15, 0.2) is 5.11 Å². The Labute approximate surface area is 153 Å². The molecule has 1 fully saturated rings. The Morgan fingerprint density at radius 1 is 1.08 bits per heavy atom. The largest absolute Gasteiger partial charge is 0.457 e. The summed E-state index contributed by atoms with van der Waals surface area (Å²) in [7, 11) is 0. The molecule has 2 N–H and O–H groups in total. The van der Waals surface area contributed by atoms with Crippen molar-refractivity contribution in [3.8, 4) is 11.3 Å². The van der Waals surface area contributed by atoms with E-state index in [-0.39, 0.29) is 16.4 Å². The van der Waals surface area contributed by atoms with Crippen LogP contribution in [0.15, 0.2) is 34.3 Å². The molecule has 1 aromatic heterocycles. The highest BCUT2D eigenvalue weighted by molar-refractivity contribution is 7.80. The number of carbonyl (C=O) groups excluding carboxylic acids is 2. The van der Waals surface area contributed by atoms with E-state index < -0.39 is 16.7 Å². The number of amides is 2. The number of carbonyl (C=O) groups is 2. The summed E-state index contributed by atoms with van der Waals surface area (Å²) in [5.41, 5.74) is 1.86. The smallest absolute Gasteiger partial charge is 0.272 e. The predicted molar refractivity (Wildman–Crippen MR) is 97.1 cm³/mol. The molecule has 26 heavy (non-hydrogen) atoms. The molecule has 8 nitrogen and oxygen atoms in total. The van der Waals surface area contributed by atoms with Crippen LogP contribution in [-0.2, 0) is 9.59 Å². The average molecular weight is 371 g/mol. The zero-order chi connectivity index (χ0) is 19.0. The molecule has 0 unspecified atom stereocenters. The zero-order valence-electron chi connectivity index (χ0n) is 13.8. The third-order valence-electron chi connectivity index (χ3n) is 4.08. The van der Waals surface area contributed by atoms with Crippen molar-refractivity contribution in [1.29, 1.82) is 0 Å². The number of furan rings is 1. The van der Waals surface area contributed by atoms with E-state index in [9.17, 15) is 19.7 Å². The first-order valence-electron chi connectivity index (χ1n) is 7.51. The molecule has 1 aliphatic rings. The van der Waals surface area contributed by atoms with E-state index in [0.717, 1.165) is 0 Å². The maximum Gasteiger partial charge on any atom is 0.272 e. The summed E-state index contributed by atoms with van der Waals surface area (Å²) in [5, 5.41) is 15.7. The molecule has 1 aromatic carbocycles. The number of nitrogens with one attached hydrogen (secondary N) is 2. The van der Waals surface area contributed by atoms with Gasteiger partial charge in [0.1, 0.15) is 17.1 Å². The second-order valence-corrected chi connectivity index (χ2v) is 6.05. The highest BCUT2D eigenvalue weighted by atomic mass is 32.1. The fraction of sp³-hybridized carbons (Fsp3) is 0.118. The van der Waals surface area contributed by atoms with Crippen LogP contribution in [0.1, 0.15) is 16.9 Å². The molecule has 2 aromatic rings. The summed E-state index contributed by atoms with van der Waals surface area (Å²) in [6, 6.07) is 6.30. The van der Waals surface area contributed by atoms with Gasteiger partial charge in [0.2, 0.25) is 0 Å². The van der Waals surface area contributed by atoms with Crippen molar-refractivity contribution in [2.75, 3.05) is 0 Å². The van der Waals surface area contributed by atoms with Crippen LogP contribution in [-0.4, -0.2) is 21.9 Å². The molecule has 0 bridgehead atoms. The first-order chi connectivity index (χ1) is 12.3. The first-order valence-corrected chi connectivity index (χ1v) is 7.92. The Hall–Kier alpha value is -3.33. The van der Waals surface area contributed by atoms with Gasteiger partial charge in [-0.25, -0.2) is 0 Å². The summed E-state index contributed by atoms with van der Waals surface area (Å²) in [5.74, 6) is -0.457. The lowest BCUT2D eigenvalue weighted by atomic mass is 10.00. The molecule has 0 atom stereocenters. The predicted octanol–water partition coefficient (Wildman–Crippen LogP) is 2.39. The van der Waals surface area contributed by atoms with Gasteiger partial charge in [-0.05, 0) is 55.9 Å². The van der Waals surface area contributed by atoms with Crippen LogP contribution in [0.25, 0.3) is 17.4 Å². The van der Waals surface area contributed by atoms with Crippen molar-refractivity contribution in [2.45, 2.75) is 13.8 Å². The number of rotatable bonds is 3. The van der Waals surface area contributed by atoms with Crippen LogP contribution < -0.4 is 10.6 Å².